The zero-order chi connectivity index (χ0) is 13.6. The summed E-state index contributed by atoms with van der Waals surface area (Å²) in [6.07, 6.45) is 2.77. The summed E-state index contributed by atoms with van der Waals surface area (Å²) in [5.74, 6) is 0. The molecule has 1 aromatic rings. The van der Waals surface area contributed by atoms with E-state index in [1.54, 1.807) is 26.8 Å². The second-order valence-corrected chi connectivity index (χ2v) is 4.88. The Morgan fingerprint density at radius 1 is 1.33 bits per heavy atom. The molecule has 1 aromatic carbocycles. The van der Waals surface area contributed by atoms with E-state index >= 15 is 0 Å². The van der Waals surface area contributed by atoms with Crippen molar-refractivity contribution in [2.75, 3.05) is 6.54 Å². The SMILES string of the molecule is CC(C)(C)OC(=O)N(O)C/C=C/c1ccccc1. The van der Waals surface area contributed by atoms with Crippen LogP contribution >= 0.6 is 0 Å². The highest BCUT2D eigenvalue weighted by Crippen LogP contribution is 2.09. The molecule has 0 spiro atoms. The molecular formula is C14H19NO3. The lowest BCUT2D eigenvalue weighted by molar-refractivity contribution is -0.0865. The Bertz CT molecular complexity index is 407. The maximum atomic E-state index is 11.4. The van der Waals surface area contributed by atoms with Crippen LogP contribution in [0.5, 0.6) is 0 Å². The predicted octanol–water partition coefficient (Wildman–Crippen LogP) is 3.33. The van der Waals surface area contributed by atoms with Gasteiger partial charge in [-0.25, -0.2) is 4.79 Å². The number of carbonyl (C=O) groups excluding carboxylic acids is 1. The Balaban J connectivity index is 2.44. The van der Waals surface area contributed by atoms with Crippen molar-refractivity contribution in [2.24, 2.45) is 0 Å². The van der Waals surface area contributed by atoms with Gasteiger partial charge < -0.3 is 4.74 Å². The number of nitrogens with zero attached hydrogens (tertiary/aromatic N) is 1. The number of rotatable bonds is 3. The number of amides is 1. The summed E-state index contributed by atoms with van der Waals surface area (Å²) in [5, 5.41) is 10.0. The van der Waals surface area contributed by atoms with Crippen molar-refractivity contribution in [1.82, 2.24) is 5.06 Å². The quantitative estimate of drug-likeness (QED) is 0.660. The van der Waals surface area contributed by atoms with Crippen LogP contribution in [0.2, 0.25) is 0 Å². The Kier molecular flexibility index (Phi) is 4.92. The van der Waals surface area contributed by atoms with E-state index in [1.807, 2.05) is 36.4 Å². The fourth-order valence-corrected chi connectivity index (χ4v) is 1.24. The van der Waals surface area contributed by atoms with Gasteiger partial charge in [-0.2, -0.15) is 5.06 Å². The van der Waals surface area contributed by atoms with Crippen molar-refractivity contribution >= 4 is 12.2 Å². The zero-order valence-corrected chi connectivity index (χ0v) is 11.0. The molecule has 0 saturated heterocycles. The van der Waals surface area contributed by atoms with Crippen molar-refractivity contribution in [3.63, 3.8) is 0 Å². The van der Waals surface area contributed by atoms with E-state index in [4.69, 9.17) is 4.74 Å². The van der Waals surface area contributed by atoms with Gasteiger partial charge in [-0.1, -0.05) is 42.5 Å². The number of hydrogen-bond donors (Lipinski definition) is 1. The van der Waals surface area contributed by atoms with Gasteiger partial charge in [-0.3, -0.25) is 5.21 Å². The summed E-state index contributed by atoms with van der Waals surface area (Å²) < 4.78 is 5.01. The number of hydrogen-bond acceptors (Lipinski definition) is 3. The lowest BCUT2D eigenvalue weighted by atomic mass is 10.2. The Morgan fingerprint density at radius 2 is 1.94 bits per heavy atom. The average molecular weight is 249 g/mol. The highest BCUT2D eigenvalue weighted by Gasteiger charge is 2.19. The van der Waals surface area contributed by atoms with E-state index in [-0.39, 0.29) is 6.54 Å². The summed E-state index contributed by atoms with van der Waals surface area (Å²) in [6.45, 7) is 5.33. The van der Waals surface area contributed by atoms with Crippen molar-refractivity contribution in [3.8, 4) is 0 Å². The fourth-order valence-electron chi connectivity index (χ4n) is 1.24. The second kappa shape index (κ2) is 6.21. The van der Waals surface area contributed by atoms with Gasteiger partial charge in [0.25, 0.3) is 0 Å². The molecule has 0 aromatic heterocycles. The van der Waals surface area contributed by atoms with Crippen molar-refractivity contribution in [1.29, 1.82) is 0 Å². The predicted molar refractivity (Wildman–Crippen MR) is 70.2 cm³/mol. The van der Waals surface area contributed by atoms with Crippen LogP contribution in [0, 0.1) is 0 Å². The van der Waals surface area contributed by atoms with E-state index < -0.39 is 11.7 Å². The molecule has 0 fully saturated rings. The third-order valence-electron chi connectivity index (χ3n) is 1.99. The molecule has 0 heterocycles. The Hall–Kier alpha value is -1.81. The molecule has 0 atom stereocenters. The maximum absolute atomic E-state index is 11.4. The van der Waals surface area contributed by atoms with Gasteiger partial charge in [0, 0.05) is 0 Å². The molecule has 18 heavy (non-hydrogen) atoms. The van der Waals surface area contributed by atoms with Crippen LogP contribution in [-0.2, 0) is 4.74 Å². The van der Waals surface area contributed by atoms with Gasteiger partial charge in [0.15, 0.2) is 0 Å². The summed E-state index contributed by atoms with van der Waals surface area (Å²) in [7, 11) is 0. The van der Waals surface area contributed by atoms with Crippen LogP contribution in [0.15, 0.2) is 36.4 Å². The first-order valence-electron chi connectivity index (χ1n) is 5.79. The van der Waals surface area contributed by atoms with E-state index in [0.29, 0.717) is 5.06 Å². The molecule has 4 nitrogen and oxygen atoms in total. The standard InChI is InChI=1S/C14H19NO3/c1-14(2,3)18-13(16)15(17)11-7-10-12-8-5-4-6-9-12/h4-10,17H,11H2,1-3H3/b10-7+. The molecule has 4 heteroatoms. The third kappa shape index (κ3) is 5.50. The van der Waals surface area contributed by atoms with Crippen molar-refractivity contribution < 1.29 is 14.7 Å². The van der Waals surface area contributed by atoms with Crippen LogP contribution < -0.4 is 0 Å². The maximum Gasteiger partial charge on any atom is 0.434 e. The summed E-state index contributed by atoms with van der Waals surface area (Å²) in [4.78, 5) is 11.4. The van der Waals surface area contributed by atoms with Gasteiger partial charge in [0.2, 0.25) is 0 Å². The molecule has 1 amide bonds. The highest BCUT2D eigenvalue weighted by atomic mass is 16.6. The molecule has 0 unspecified atom stereocenters. The molecule has 0 saturated carbocycles. The van der Waals surface area contributed by atoms with E-state index in [1.165, 1.54) is 0 Å². The smallest absolute Gasteiger partial charge is 0.434 e. The largest absolute Gasteiger partial charge is 0.442 e. The minimum absolute atomic E-state index is 0.0871. The number of carbonyl (C=O) groups is 1. The summed E-state index contributed by atoms with van der Waals surface area (Å²) in [5.41, 5.74) is 0.399. The number of hydroxylamine groups is 2. The topological polar surface area (TPSA) is 49.8 Å². The molecular weight excluding hydrogens is 230 g/mol. The summed E-state index contributed by atoms with van der Waals surface area (Å²) >= 11 is 0. The first-order chi connectivity index (χ1) is 8.38. The lowest BCUT2D eigenvalue weighted by Gasteiger charge is -2.22. The highest BCUT2D eigenvalue weighted by molar-refractivity contribution is 5.67. The molecule has 98 valence electrons. The van der Waals surface area contributed by atoms with Gasteiger partial charge in [0.1, 0.15) is 5.60 Å². The first kappa shape index (κ1) is 14.3. The van der Waals surface area contributed by atoms with Crippen LogP contribution in [0.25, 0.3) is 6.08 Å². The molecule has 0 aliphatic rings. The van der Waals surface area contributed by atoms with Gasteiger partial charge in [0.05, 0.1) is 6.54 Å². The molecule has 0 aliphatic carbocycles. The molecule has 0 bridgehead atoms. The first-order valence-corrected chi connectivity index (χ1v) is 5.79. The van der Waals surface area contributed by atoms with E-state index in [9.17, 15) is 10.0 Å². The van der Waals surface area contributed by atoms with Crippen LogP contribution in [0.3, 0.4) is 0 Å². The zero-order valence-electron chi connectivity index (χ0n) is 11.0. The second-order valence-electron chi connectivity index (χ2n) is 4.88. The average Bonchev–Trinajstić information content (AvgIpc) is 2.28. The van der Waals surface area contributed by atoms with E-state index in [2.05, 4.69) is 0 Å². The van der Waals surface area contributed by atoms with Gasteiger partial charge in [-0.05, 0) is 26.3 Å². The van der Waals surface area contributed by atoms with Crippen LogP contribution in [-0.4, -0.2) is 28.5 Å². The van der Waals surface area contributed by atoms with Crippen molar-refractivity contribution in [2.45, 2.75) is 26.4 Å². The Labute approximate surface area is 107 Å². The van der Waals surface area contributed by atoms with E-state index in [0.717, 1.165) is 5.56 Å². The van der Waals surface area contributed by atoms with Crippen molar-refractivity contribution in [3.05, 3.63) is 42.0 Å². The molecule has 1 rings (SSSR count). The third-order valence-corrected chi connectivity index (χ3v) is 1.99. The minimum Gasteiger partial charge on any atom is -0.442 e. The lowest BCUT2D eigenvalue weighted by Crippen LogP contribution is -2.34. The molecule has 0 aliphatic heterocycles. The molecule has 0 radical (unpaired) electrons. The fraction of sp³-hybridized carbons (Fsp3) is 0.357. The minimum atomic E-state index is -0.750. The number of benzene rings is 1. The van der Waals surface area contributed by atoms with Crippen LogP contribution in [0.1, 0.15) is 26.3 Å². The van der Waals surface area contributed by atoms with Crippen LogP contribution in [0.4, 0.5) is 4.79 Å². The molecule has 1 N–H and O–H groups in total. The van der Waals surface area contributed by atoms with Gasteiger partial charge >= 0.3 is 6.09 Å². The summed E-state index contributed by atoms with van der Waals surface area (Å²) in [6, 6.07) is 9.64. The Morgan fingerprint density at radius 3 is 2.50 bits per heavy atom. The number of ether oxygens (including phenoxy) is 1. The van der Waals surface area contributed by atoms with Gasteiger partial charge in [-0.15, -0.1) is 0 Å². The normalized spacial score (nSPS) is 11.6. The monoisotopic (exact) mass is 249 g/mol.